The predicted octanol–water partition coefficient (Wildman–Crippen LogP) is 8.07. The van der Waals surface area contributed by atoms with Crippen molar-refractivity contribution in [1.29, 1.82) is 0 Å². The number of para-hydroxylation sites is 1. The van der Waals surface area contributed by atoms with Gasteiger partial charge in [-0.25, -0.2) is 4.99 Å². The van der Waals surface area contributed by atoms with Gasteiger partial charge < -0.3 is 4.74 Å². The molecule has 4 nitrogen and oxygen atoms in total. The van der Waals surface area contributed by atoms with Crippen LogP contribution in [0, 0.1) is 6.92 Å². The molecule has 2 fully saturated rings. The highest BCUT2D eigenvalue weighted by atomic mass is 32.2. The molecule has 1 saturated carbocycles. The third kappa shape index (κ3) is 6.16. The molecule has 1 saturated heterocycles. The maximum absolute atomic E-state index is 13.6. The van der Waals surface area contributed by atoms with Crippen LogP contribution >= 0.6 is 11.8 Å². The van der Waals surface area contributed by atoms with E-state index in [1.54, 1.807) is 0 Å². The zero-order valence-corrected chi connectivity index (χ0v) is 22.5. The molecule has 0 atom stereocenters. The van der Waals surface area contributed by atoms with Gasteiger partial charge in [0.1, 0.15) is 12.4 Å². The average Bonchev–Trinajstić information content (AvgIpc) is 3.23. The van der Waals surface area contributed by atoms with Crippen molar-refractivity contribution in [2.45, 2.75) is 65.0 Å². The molecule has 190 valence electrons. The molecule has 0 N–H and O–H groups in total. The van der Waals surface area contributed by atoms with E-state index in [9.17, 15) is 4.79 Å². The Morgan fingerprint density at radius 2 is 1.78 bits per heavy atom. The Kier molecular flexibility index (Phi) is 8.10. The van der Waals surface area contributed by atoms with Gasteiger partial charge in [-0.05, 0) is 78.9 Å². The van der Waals surface area contributed by atoms with Gasteiger partial charge in [-0.1, -0.05) is 86.3 Å². The van der Waals surface area contributed by atoms with Crippen molar-refractivity contribution in [2.24, 2.45) is 4.99 Å². The number of hydrogen-bond acceptors (Lipinski definition) is 4. The minimum atomic E-state index is 0.0735. The molecule has 0 radical (unpaired) electrons. The minimum Gasteiger partial charge on any atom is -0.489 e. The molecular weight excluding hydrogens is 476 g/mol. The lowest BCUT2D eigenvalue weighted by molar-refractivity contribution is -0.124. The van der Waals surface area contributed by atoms with Crippen LogP contribution < -0.4 is 4.74 Å². The van der Waals surface area contributed by atoms with Gasteiger partial charge >= 0.3 is 0 Å². The van der Waals surface area contributed by atoms with E-state index < -0.39 is 0 Å². The summed E-state index contributed by atoms with van der Waals surface area (Å²) in [6.45, 7) is 4.76. The highest BCUT2D eigenvalue weighted by molar-refractivity contribution is 8.18. The number of hydrogen-bond donors (Lipinski definition) is 0. The van der Waals surface area contributed by atoms with Gasteiger partial charge in [0, 0.05) is 6.04 Å². The molecule has 1 heterocycles. The standard InChI is InChI=1S/C32H34N2O2S/c1-3-26-12-7-8-15-29(26)33-32-34(27-13-5-4-6-14-27)31(35)30(37-32)21-24-16-18-28(19-17-24)36-22-25-11-9-10-23(2)20-25/h7-12,15-21,27H,3-6,13-14,22H2,1-2H3/b30-21+,33-32?. The van der Waals surface area contributed by atoms with Gasteiger partial charge in [-0.2, -0.15) is 0 Å². The van der Waals surface area contributed by atoms with Crippen molar-refractivity contribution in [3.8, 4) is 5.75 Å². The molecule has 3 aromatic carbocycles. The number of carbonyl (C=O) groups excluding carboxylic acids is 1. The quantitative estimate of drug-likeness (QED) is 0.302. The van der Waals surface area contributed by atoms with E-state index in [4.69, 9.17) is 9.73 Å². The van der Waals surface area contributed by atoms with Crippen molar-refractivity contribution in [3.05, 3.63) is 100.0 Å². The molecule has 0 bridgehead atoms. The Morgan fingerprint density at radius 3 is 2.54 bits per heavy atom. The zero-order valence-electron chi connectivity index (χ0n) is 21.7. The van der Waals surface area contributed by atoms with Crippen molar-refractivity contribution in [1.82, 2.24) is 4.90 Å². The summed E-state index contributed by atoms with van der Waals surface area (Å²) in [5.41, 5.74) is 5.52. The fourth-order valence-corrected chi connectivity index (χ4v) is 6.08. The lowest BCUT2D eigenvalue weighted by atomic mass is 9.94. The molecule has 0 spiro atoms. The Balaban J connectivity index is 1.36. The molecule has 2 aliphatic rings. The second kappa shape index (κ2) is 11.8. The molecule has 1 amide bonds. The third-order valence-electron chi connectivity index (χ3n) is 7.03. The van der Waals surface area contributed by atoms with Crippen molar-refractivity contribution >= 4 is 34.6 Å². The molecule has 5 heteroatoms. The SMILES string of the molecule is CCc1ccccc1N=C1S/C(=C/c2ccc(OCc3cccc(C)c3)cc2)C(=O)N1C1CCCCC1. The first-order valence-electron chi connectivity index (χ1n) is 13.3. The van der Waals surface area contributed by atoms with Crippen LogP contribution in [0.3, 0.4) is 0 Å². The van der Waals surface area contributed by atoms with Crippen molar-refractivity contribution in [3.63, 3.8) is 0 Å². The number of amidine groups is 1. The largest absolute Gasteiger partial charge is 0.489 e. The van der Waals surface area contributed by atoms with Gasteiger partial charge in [0.2, 0.25) is 0 Å². The summed E-state index contributed by atoms with van der Waals surface area (Å²) in [5.74, 6) is 0.890. The molecule has 1 aliphatic heterocycles. The first kappa shape index (κ1) is 25.3. The highest BCUT2D eigenvalue weighted by Gasteiger charge is 2.38. The van der Waals surface area contributed by atoms with Crippen LogP contribution in [0.15, 0.2) is 82.7 Å². The summed E-state index contributed by atoms with van der Waals surface area (Å²) in [4.78, 5) is 21.4. The maximum Gasteiger partial charge on any atom is 0.267 e. The van der Waals surface area contributed by atoms with Crippen LogP contribution in [-0.4, -0.2) is 22.0 Å². The average molecular weight is 511 g/mol. The molecule has 37 heavy (non-hydrogen) atoms. The first-order chi connectivity index (χ1) is 18.1. The van der Waals surface area contributed by atoms with E-state index in [0.29, 0.717) is 6.61 Å². The molecule has 3 aromatic rings. The van der Waals surface area contributed by atoms with Gasteiger partial charge in [0.15, 0.2) is 5.17 Å². The van der Waals surface area contributed by atoms with Gasteiger partial charge in [-0.15, -0.1) is 0 Å². The summed E-state index contributed by atoms with van der Waals surface area (Å²) < 4.78 is 5.97. The number of benzene rings is 3. The number of rotatable bonds is 7. The Morgan fingerprint density at radius 1 is 1.00 bits per heavy atom. The van der Waals surface area contributed by atoms with Crippen LogP contribution in [-0.2, 0) is 17.8 Å². The highest BCUT2D eigenvalue weighted by Crippen LogP contribution is 2.39. The number of amides is 1. The first-order valence-corrected chi connectivity index (χ1v) is 14.1. The van der Waals surface area contributed by atoms with Gasteiger partial charge in [-0.3, -0.25) is 9.69 Å². The fraction of sp³-hybridized carbons (Fsp3) is 0.312. The van der Waals surface area contributed by atoms with Crippen LogP contribution in [0.5, 0.6) is 5.75 Å². The topological polar surface area (TPSA) is 41.9 Å². The van der Waals surface area contributed by atoms with E-state index in [0.717, 1.165) is 51.9 Å². The second-order valence-corrected chi connectivity index (χ2v) is 10.8. The molecule has 0 unspecified atom stereocenters. The monoisotopic (exact) mass is 510 g/mol. The maximum atomic E-state index is 13.6. The lowest BCUT2D eigenvalue weighted by Gasteiger charge is -2.30. The van der Waals surface area contributed by atoms with Gasteiger partial charge in [0.05, 0.1) is 10.6 Å². The number of nitrogens with zero attached hydrogens (tertiary/aromatic N) is 2. The van der Waals surface area contributed by atoms with E-state index in [1.807, 2.05) is 53.4 Å². The molecule has 5 rings (SSSR count). The van der Waals surface area contributed by atoms with E-state index in [1.165, 1.54) is 42.2 Å². The van der Waals surface area contributed by atoms with E-state index >= 15 is 0 Å². The number of aliphatic imine (C=N–C) groups is 1. The van der Waals surface area contributed by atoms with Crippen molar-refractivity contribution < 1.29 is 9.53 Å². The molecule has 0 aromatic heterocycles. The summed E-state index contributed by atoms with van der Waals surface area (Å²) in [6.07, 6.45) is 8.57. The second-order valence-electron chi connectivity index (χ2n) is 9.80. The predicted molar refractivity (Wildman–Crippen MR) is 154 cm³/mol. The molecular formula is C32H34N2O2S. The van der Waals surface area contributed by atoms with Crippen LogP contribution in [0.2, 0.25) is 0 Å². The van der Waals surface area contributed by atoms with Crippen LogP contribution in [0.4, 0.5) is 5.69 Å². The number of carbonyl (C=O) groups is 1. The van der Waals surface area contributed by atoms with Crippen molar-refractivity contribution in [2.75, 3.05) is 0 Å². The van der Waals surface area contributed by atoms with Gasteiger partial charge in [0.25, 0.3) is 5.91 Å². The van der Waals surface area contributed by atoms with E-state index in [2.05, 4.69) is 44.2 Å². The number of aryl methyl sites for hydroxylation is 2. The fourth-order valence-electron chi connectivity index (χ4n) is 5.03. The summed E-state index contributed by atoms with van der Waals surface area (Å²) in [6, 6.07) is 24.8. The van der Waals surface area contributed by atoms with Crippen LogP contribution in [0.1, 0.15) is 61.3 Å². The minimum absolute atomic E-state index is 0.0735. The Bertz CT molecular complexity index is 1310. The Hall–Kier alpha value is -3.31. The number of ether oxygens (including phenoxy) is 1. The Labute approximate surface area is 224 Å². The zero-order chi connectivity index (χ0) is 25.6. The summed E-state index contributed by atoms with van der Waals surface area (Å²) in [5, 5.41) is 0.808. The van der Waals surface area contributed by atoms with E-state index in [-0.39, 0.29) is 11.9 Å². The molecule has 1 aliphatic carbocycles. The smallest absolute Gasteiger partial charge is 0.267 e. The van der Waals surface area contributed by atoms with Crippen LogP contribution in [0.25, 0.3) is 6.08 Å². The summed E-state index contributed by atoms with van der Waals surface area (Å²) in [7, 11) is 0. The summed E-state index contributed by atoms with van der Waals surface area (Å²) >= 11 is 1.50. The lowest BCUT2D eigenvalue weighted by Crippen LogP contribution is -2.40. The number of thioether (sulfide) groups is 1. The third-order valence-corrected chi connectivity index (χ3v) is 8.01. The normalized spacial score (nSPS) is 18.6.